The second kappa shape index (κ2) is 4.78. The molecule has 0 atom stereocenters. The number of aromatic nitrogens is 3. The number of nitrogens with zero attached hydrogens (tertiary/aromatic N) is 4. The van der Waals surface area contributed by atoms with Gasteiger partial charge in [0.2, 0.25) is 0 Å². The molecule has 1 aliphatic rings. The summed E-state index contributed by atoms with van der Waals surface area (Å²) < 4.78 is 1.97. The van der Waals surface area contributed by atoms with Gasteiger partial charge in [0.1, 0.15) is 6.33 Å². The maximum Gasteiger partial charge on any atom is 0.152 e. The Morgan fingerprint density at radius 1 is 1.33 bits per heavy atom. The van der Waals surface area contributed by atoms with Gasteiger partial charge in [-0.1, -0.05) is 18.2 Å². The first-order chi connectivity index (χ1) is 8.84. The van der Waals surface area contributed by atoms with E-state index in [2.05, 4.69) is 44.7 Å². The van der Waals surface area contributed by atoms with Gasteiger partial charge in [-0.2, -0.15) is 0 Å². The largest absolute Gasteiger partial charge is 0.362 e. The molecule has 0 saturated carbocycles. The topological polar surface area (TPSA) is 46.0 Å². The first-order valence-electron chi connectivity index (χ1n) is 6.21. The Morgan fingerprint density at radius 2 is 2.22 bits per heavy atom. The number of hydrogen-bond donors (Lipinski definition) is 1. The summed E-state index contributed by atoms with van der Waals surface area (Å²) in [7, 11) is 1.98. The fourth-order valence-electron chi connectivity index (χ4n) is 2.31. The van der Waals surface area contributed by atoms with Crippen molar-refractivity contribution in [3.8, 4) is 0 Å². The normalized spacial score (nSPS) is 15.3. The van der Waals surface area contributed by atoms with Crippen LogP contribution in [-0.4, -0.2) is 27.9 Å². The van der Waals surface area contributed by atoms with Crippen molar-refractivity contribution in [3.05, 3.63) is 42.0 Å². The summed E-state index contributed by atoms with van der Waals surface area (Å²) in [6.45, 7) is 3.72. The zero-order valence-electron chi connectivity index (χ0n) is 10.5. The van der Waals surface area contributed by atoms with Crippen molar-refractivity contribution in [1.82, 2.24) is 20.1 Å². The number of fused-ring (bicyclic) bond motifs is 1. The lowest BCUT2D eigenvalue weighted by molar-refractivity contribution is 0.668. The van der Waals surface area contributed by atoms with Gasteiger partial charge >= 0.3 is 0 Å². The molecule has 0 saturated heterocycles. The molecule has 0 unspecified atom stereocenters. The van der Waals surface area contributed by atoms with E-state index in [-0.39, 0.29) is 0 Å². The molecule has 18 heavy (non-hydrogen) atoms. The van der Waals surface area contributed by atoms with Crippen LogP contribution in [0.15, 0.2) is 30.6 Å². The lowest BCUT2D eigenvalue weighted by Gasteiger charge is -2.23. The molecule has 5 nitrogen and oxygen atoms in total. The monoisotopic (exact) mass is 243 g/mol. The van der Waals surface area contributed by atoms with Crippen LogP contribution in [0.5, 0.6) is 0 Å². The Balaban J connectivity index is 1.90. The van der Waals surface area contributed by atoms with E-state index < -0.39 is 0 Å². The molecule has 0 amide bonds. The second-order valence-corrected chi connectivity index (χ2v) is 4.59. The predicted octanol–water partition coefficient (Wildman–Crippen LogP) is 0.925. The summed E-state index contributed by atoms with van der Waals surface area (Å²) in [5.41, 5.74) is 2.64. The van der Waals surface area contributed by atoms with Gasteiger partial charge in [-0.15, -0.1) is 10.2 Å². The van der Waals surface area contributed by atoms with Crippen molar-refractivity contribution in [2.45, 2.75) is 13.1 Å². The van der Waals surface area contributed by atoms with Crippen molar-refractivity contribution in [2.24, 2.45) is 7.05 Å². The summed E-state index contributed by atoms with van der Waals surface area (Å²) in [6, 6.07) is 8.54. The van der Waals surface area contributed by atoms with E-state index >= 15 is 0 Å². The van der Waals surface area contributed by atoms with Gasteiger partial charge in [0.05, 0.1) is 6.54 Å². The molecule has 0 spiro atoms. The van der Waals surface area contributed by atoms with Crippen molar-refractivity contribution in [1.29, 1.82) is 0 Å². The van der Waals surface area contributed by atoms with E-state index in [1.54, 1.807) is 6.33 Å². The molecule has 0 bridgehead atoms. The fourth-order valence-corrected chi connectivity index (χ4v) is 2.31. The summed E-state index contributed by atoms with van der Waals surface area (Å²) in [5.74, 6) is 0.992. The molecule has 1 aromatic heterocycles. The van der Waals surface area contributed by atoms with Crippen molar-refractivity contribution in [3.63, 3.8) is 0 Å². The molecule has 2 heterocycles. The summed E-state index contributed by atoms with van der Waals surface area (Å²) in [6.07, 6.45) is 1.75. The van der Waals surface area contributed by atoms with Gasteiger partial charge in [-0.3, -0.25) is 0 Å². The highest BCUT2D eigenvalue weighted by molar-refractivity contribution is 5.54. The molecule has 3 rings (SSSR count). The molecular formula is C13H17N5. The number of rotatable bonds is 2. The van der Waals surface area contributed by atoms with Crippen LogP contribution in [0.4, 0.5) is 5.69 Å². The van der Waals surface area contributed by atoms with Gasteiger partial charge in [0.15, 0.2) is 5.82 Å². The van der Waals surface area contributed by atoms with Crippen LogP contribution in [0.1, 0.15) is 11.4 Å². The average molecular weight is 243 g/mol. The average Bonchev–Trinajstić information content (AvgIpc) is 2.68. The van der Waals surface area contributed by atoms with Gasteiger partial charge in [-0.05, 0) is 11.6 Å². The molecule has 1 N–H and O–H groups in total. The van der Waals surface area contributed by atoms with Crippen LogP contribution in [0.2, 0.25) is 0 Å². The molecule has 1 aliphatic heterocycles. The second-order valence-electron chi connectivity index (χ2n) is 4.59. The number of nitrogens with one attached hydrogen (secondary N) is 1. The fraction of sp³-hybridized carbons (Fsp3) is 0.385. The predicted molar refractivity (Wildman–Crippen MR) is 70.2 cm³/mol. The van der Waals surface area contributed by atoms with Gasteiger partial charge < -0.3 is 14.8 Å². The van der Waals surface area contributed by atoms with E-state index in [0.29, 0.717) is 0 Å². The molecule has 0 fully saturated rings. The van der Waals surface area contributed by atoms with Crippen LogP contribution in [0.25, 0.3) is 0 Å². The third kappa shape index (κ3) is 2.09. The summed E-state index contributed by atoms with van der Waals surface area (Å²) in [4.78, 5) is 2.36. The quantitative estimate of drug-likeness (QED) is 0.852. The number of benzene rings is 1. The molecule has 2 aromatic rings. The highest BCUT2D eigenvalue weighted by Gasteiger charge is 2.16. The van der Waals surface area contributed by atoms with Crippen molar-refractivity contribution < 1.29 is 0 Å². The van der Waals surface area contributed by atoms with Gasteiger partial charge in [-0.25, -0.2) is 0 Å². The summed E-state index contributed by atoms with van der Waals surface area (Å²) >= 11 is 0. The molecule has 94 valence electrons. The Labute approximate surface area is 106 Å². The zero-order valence-corrected chi connectivity index (χ0v) is 10.5. The maximum absolute atomic E-state index is 4.16. The van der Waals surface area contributed by atoms with Crippen LogP contribution >= 0.6 is 0 Å². The van der Waals surface area contributed by atoms with E-state index in [0.717, 1.165) is 32.0 Å². The van der Waals surface area contributed by atoms with E-state index in [9.17, 15) is 0 Å². The number of hydrogen-bond acceptors (Lipinski definition) is 4. The Morgan fingerprint density at radius 3 is 3.06 bits per heavy atom. The van der Waals surface area contributed by atoms with E-state index in [1.807, 2.05) is 11.6 Å². The molecule has 0 radical (unpaired) electrons. The minimum absolute atomic E-state index is 0.801. The lowest BCUT2D eigenvalue weighted by Crippen LogP contribution is -2.29. The zero-order chi connectivity index (χ0) is 12.4. The summed E-state index contributed by atoms with van der Waals surface area (Å²) in [5, 5.41) is 11.5. The van der Waals surface area contributed by atoms with Crippen LogP contribution < -0.4 is 10.2 Å². The van der Waals surface area contributed by atoms with Gasteiger partial charge in [0, 0.05) is 32.4 Å². The van der Waals surface area contributed by atoms with Crippen LogP contribution in [0.3, 0.4) is 0 Å². The molecule has 5 heteroatoms. The lowest BCUT2D eigenvalue weighted by atomic mass is 10.1. The minimum Gasteiger partial charge on any atom is -0.362 e. The van der Waals surface area contributed by atoms with Crippen LogP contribution in [0, 0.1) is 0 Å². The smallest absolute Gasteiger partial charge is 0.152 e. The number of anilines is 1. The Bertz CT molecular complexity index is 534. The Kier molecular flexibility index (Phi) is 2.98. The van der Waals surface area contributed by atoms with Crippen molar-refractivity contribution >= 4 is 5.69 Å². The maximum atomic E-state index is 4.16. The van der Waals surface area contributed by atoms with E-state index in [1.165, 1.54) is 11.3 Å². The van der Waals surface area contributed by atoms with Crippen LogP contribution in [-0.2, 0) is 20.1 Å². The number of aryl methyl sites for hydroxylation is 1. The number of para-hydroxylation sites is 1. The van der Waals surface area contributed by atoms with Crippen molar-refractivity contribution in [2.75, 3.05) is 18.0 Å². The standard InChI is InChI=1S/C13H17N5/c1-17-10-15-16-13(17)9-18-7-6-14-8-11-4-2-3-5-12(11)18/h2-5,10,14H,6-9H2,1H3. The highest BCUT2D eigenvalue weighted by atomic mass is 15.3. The molecule has 1 aromatic carbocycles. The third-order valence-corrected chi connectivity index (χ3v) is 3.34. The molecule has 0 aliphatic carbocycles. The third-order valence-electron chi connectivity index (χ3n) is 3.34. The Hall–Kier alpha value is -1.88. The first kappa shape index (κ1) is 11.2. The van der Waals surface area contributed by atoms with Gasteiger partial charge in [0.25, 0.3) is 0 Å². The minimum atomic E-state index is 0.801. The molecular weight excluding hydrogens is 226 g/mol. The van der Waals surface area contributed by atoms with E-state index in [4.69, 9.17) is 0 Å². The first-order valence-corrected chi connectivity index (χ1v) is 6.21. The highest BCUT2D eigenvalue weighted by Crippen LogP contribution is 2.23. The SMILES string of the molecule is Cn1cnnc1CN1CCNCc2ccccc21.